The van der Waals surface area contributed by atoms with E-state index in [4.69, 9.17) is 16.8 Å². The van der Waals surface area contributed by atoms with Crippen LogP contribution in [0.15, 0.2) is 229 Å². The molecule has 1 heterocycles. The van der Waals surface area contributed by atoms with Crippen LogP contribution in [0.3, 0.4) is 0 Å². The molecular weight excluding hydrogens is 703 g/mol. The van der Waals surface area contributed by atoms with Crippen LogP contribution in [0.1, 0.15) is 17.8 Å². The van der Waals surface area contributed by atoms with Crippen molar-refractivity contribution in [3.8, 4) is 44.5 Å². The minimum atomic E-state index is -0.781. The third-order valence-corrected chi connectivity index (χ3v) is 10.5. The zero-order chi connectivity index (χ0) is 49.7. The summed E-state index contributed by atoms with van der Waals surface area (Å²) in [6, 6.07) is 38.3. The molecule has 0 saturated carbocycles. The second-order valence-electron chi connectivity index (χ2n) is 13.9. The highest BCUT2D eigenvalue weighted by atomic mass is 16.3. The fourth-order valence-corrected chi connectivity index (χ4v) is 7.64. The Hall–Kier alpha value is -7.68. The molecule has 0 fully saturated rings. The Labute approximate surface area is 355 Å². The van der Waals surface area contributed by atoms with Crippen molar-refractivity contribution >= 4 is 60.5 Å². The van der Waals surface area contributed by atoms with Crippen LogP contribution >= 0.6 is 0 Å². The number of fused-ring (bicyclic) bond motifs is 6. The van der Waals surface area contributed by atoms with E-state index in [2.05, 4.69) is 42.5 Å². The first-order chi connectivity index (χ1) is 34.2. The molecule has 0 saturated heterocycles. The Kier molecular flexibility index (Phi) is 5.54. The topological polar surface area (TPSA) is 16.4 Å². The van der Waals surface area contributed by atoms with Gasteiger partial charge in [-0.2, -0.15) is 0 Å². The van der Waals surface area contributed by atoms with Crippen LogP contribution in [-0.2, 0) is 0 Å². The molecule has 10 aromatic carbocycles. The SMILES string of the molecule is [2H]c1c([2H])c([2H])c(-c2c([2H])c([2H])c(-c3c([2H])c([2H])c(N(c4ccc(-c5cccc(-c6ccc7ccccc7c6)c5)cc4)c4cccc5oc6c7ccccc7ccc6c45)c([2H])c3[2H])c([2H])c2[2H])c([2H])c1[2H]. The molecule has 0 unspecified atom stereocenters. The Morgan fingerprint density at radius 2 is 0.948 bits per heavy atom. The number of nitrogens with zero attached hydrogens (tertiary/aromatic N) is 1. The minimum Gasteiger partial charge on any atom is -0.455 e. The van der Waals surface area contributed by atoms with Crippen LogP contribution < -0.4 is 4.90 Å². The molecule has 0 aliphatic heterocycles. The predicted octanol–water partition coefficient (Wildman–Crippen LogP) is 16.0. The molecule has 11 aromatic rings. The summed E-state index contributed by atoms with van der Waals surface area (Å²) in [6.07, 6.45) is 0. The van der Waals surface area contributed by atoms with Gasteiger partial charge in [0.15, 0.2) is 0 Å². The highest BCUT2D eigenvalue weighted by Gasteiger charge is 2.20. The third kappa shape index (κ3) is 6.00. The lowest BCUT2D eigenvalue weighted by Crippen LogP contribution is -2.10. The summed E-state index contributed by atoms with van der Waals surface area (Å²) in [7, 11) is 0. The molecule has 2 nitrogen and oxygen atoms in total. The summed E-state index contributed by atoms with van der Waals surface area (Å²) < 4.78 is 123. The zero-order valence-electron chi connectivity index (χ0n) is 43.7. The smallest absolute Gasteiger partial charge is 0.143 e. The summed E-state index contributed by atoms with van der Waals surface area (Å²) in [5.41, 5.74) is 3.67. The van der Waals surface area contributed by atoms with Gasteiger partial charge >= 0.3 is 0 Å². The maximum Gasteiger partial charge on any atom is 0.143 e. The number of furan rings is 1. The first-order valence-electron chi connectivity index (χ1n) is 25.3. The Balaban J connectivity index is 1.10. The van der Waals surface area contributed by atoms with Gasteiger partial charge in [-0.3, -0.25) is 0 Å². The maximum atomic E-state index is 9.69. The fraction of sp³-hybridized carbons (Fsp3) is 0. The van der Waals surface area contributed by atoms with E-state index in [0.29, 0.717) is 27.9 Å². The molecule has 0 radical (unpaired) electrons. The van der Waals surface area contributed by atoms with Crippen molar-refractivity contribution in [1.29, 1.82) is 0 Å². The molecule has 272 valence electrons. The van der Waals surface area contributed by atoms with Gasteiger partial charge in [-0.25, -0.2) is 0 Å². The fourth-order valence-electron chi connectivity index (χ4n) is 7.64. The van der Waals surface area contributed by atoms with E-state index in [1.807, 2.05) is 97.1 Å². The summed E-state index contributed by atoms with van der Waals surface area (Å²) in [5.74, 6) is 0. The van der Waals surface area contributed by atoms with Crippen LogP contribution in [-0.4, -0.2) is 0 Å². The molecule has 0 amide bonds. The van der Waals surface area contributed by atoms with E-state index in [1.54, 1.807) is 11.0 Å². The average Bonchev–Trinajstić information content (AvgIpc) is 3.79. The van der Waals surface area contributed by atoms with Gasteiger partial charge in [0.25, 0.3) is 0 Å². The lowest BCUT2D eigenvalue weighted by atomic mass is 9.97. The van der Waals surface area contributed by atoms with Gasteiger partial charge in [-0.15, -0.1) is 0 Å². The van der Waals surface area contributed by atoms with Crippen molar-refractivity contribution in [2.75, 3.05) is 4.90 Å². The number of hydrogen-bond acceptors (Lipinski definition) is 2. The molecular formula is C56H37NO. The van der Waals surface area contributed by atoms with Gasteiger partial charge in [0, 0.05) is 22.1 Å². The quantitative estimate of drug-likeness (QED) is 0.161. The van der Waals surface area contributed by atoms with Crippen LogP contribution in [0, 0.1) is 0 Å². The molecule has 1 aromatic heterocycles. The van der Waals surface area contributed by atoms with E-state index in [-0.39, 0.29) is 5.69 Å². The van der Waals surface area contributed by atoms with Gasteiger partial charge in [0.2, 0.25) is 0 Å². The average molecular weight is 753 g/mol. The highest BCUT2D eigenvalue weighted by molar-refractivity contribution is 6.19. The standard InChI is InChI=1S/C56H37NO/c1-2-10-38(11-3-1)40-20-22-41(23-21-40)42-26-31-49(32-27-42)57(53-18-9-19-54-55(53)52-35-30-44-13-6-7-17-51(44)56(52)58-54)50-33-28-43(29-34-50)46-15-8-16-47(36-46)48-25-24-39-12-4-5-14-45(39)37-48/h1-37H/i1D,2D,3D,10D,11D,20D,21D,22D,23D,26D,27D,31D,32D. The number of hydrogen-bond donors (Lipinski definition) is 0. The molecule has 0 aliphatic rings. The van der Waals surface area contributed by atoms with Crippen molar-refractivity contribution in [2.24, 2.45) is 0 Å². The van der Waals surface area contributed by atoms with Crippen molar-refractivity contribution < 1.29 is 22.2 Å². The molecule has 0 bridgehead atoms. The lowest BCUT2D eigenvalue weighted by molar-refractivity contribution is 0.672. The van der Waals surface area contributed by atoms with Gasteiger partial charge in [0.05, 0.1) is 28.9 Å². The van der Waals surface area contributed by atoms with Crippen LogP contribution in [0.25, 0.3) is 88.0 Å². The lowest BCUT2D eigenvalue weighted by Gasteiger charge is -2.26. The minimum absolute atomic E-state index is 0.163. The highest BCUT2D eigenvalue weighted by Crippen LogP contribution is 2.45. The molecule has 58 heavy (non-hydrogen) atoms. The normalized spacial score (nSPS) is 14.6. The predicted molar refractivity (Wildman–Crippen MR) is 245 cm³/mol. The second kappa shape index (κ2) is 14.1. The third-order valence-electron chi connectivity index (χ3n) is 10.5. The zero-order valence-corrected chi connectivity index (χ0v) is 30.7. The molecule has 0 aliphatic carbocycles. The first kappa shape index (κ1) is 22.8. The Bertz CT molecular complexity index is 3970. The van der Waals surface area contributed by atoms with Gasteiger partial charge in [-0.1, -0.05) is 170 Å². The van der Waals surface area contributed by atoms with Crippen LogP contribution in [0.5, 0.6) is 0 Å². The van der Waals surface area contributed by atoms with Crippen molar-refractivity contribution in [1.82, 2.24) is 0 Å². The molecule has 2 heteroatoms. The van der Waals surface area contributed by atoms with E-state index >= 15 is 0 Å². The first-order valence-corrected chi connectivity index (χ1v) is 18.8. The van der Waals surface area contributed by atoms with Crippen LogP contribution in [0.4, 0.5) is 17.1 Å². The number of benzene rings is 10. The van der Waals surface area contributed by atoms with E-state index in [0.717, 1.165) is 49.2 Å². The largest absolute Gasteiger partial charge is 0.455 e. The van der Waals surface area contributed by atoms with Crippen LogP contribution in [0.2, 0.25) is 0 Å². The van der Waals surface area contributed by atoms with Gasteiger partial charge in [-0.05, 0) is 115 Å². The van der Waals surface area contributed by atoms with Gasteiger partial charge < -0.3 is 9.32 Å². The summed E-state index contributed by atoms with van der Waals surface area (Å²) in [4.78, 5) is 1.64. The maximum absolute atomic E-state index is 9.69. The van der Waals surface area contributed by atoms with Crippen molar-refractivity contribution in [3.05, 3.63) is 224 Å². The van der Waals surface area contributed by atoms with Crippen molar-refractivity contribution in [2.45, 2.75) is 0 Å². The van der Waals surface area contributed by atoms with E-state index in [9.17, 15) is 5.48 Å². The van der Waals surface area contributed by atoms with E-state index in [1.165, 1.54) is 0 Å². The van der Waals surface area contributed by atoms with Crippen molar-refractivity contribution in [3.63, 3.8) is 0 Å². The number of anilines is 3. The summed E-state index contributed by atoms with van der Waals surface area (Å²) >= 11 is 0. The Morgan fingerprint density at radius 1 is 0.362 bits per heavy atom. The van der Waals surface area contributed by atoms with Gasteiger partial charge in [0.1, 0.15) is 11.2 Å². The Morgan fingerprint density at radius 3 is 1.71 bits per heavy atom. The van der Waals surface area contributed by atoms with E-state index < -0.39 is 101 Å². The monoisotopic (exact) mass is 752 g/mol. The summed E-state index contributed by atoms with van der Waals surface area (Å²) in [5, 5.41) is 5.50. The second-order valence-corrected chi connectivity index (χ2v) is 13.9. The molecule has 0 N–H and O–H groups in total. The summed E-state index contributed by atoms with van der Waals surface area (Å²) in [6.45, 7) is 0. The molecule has 11 rings (SSSR count). The molecule has 0 spiro atoms. The number of rotatable bonds is 7. The molecule has 0 atom stereocenters.